The van der Waals surface area contributed by atoms with Crippen molar-refractivity contribution in [3.8, 4) is 5.75 Å². The maximum Gasteiger partial charge on any atom is 0.573 e. The first-order chi connectivity index (χ1) is 11.7. The number of aliphatic carboxylic acids is 1. The van der Waals surface area contributed by atoms with E-state index < -0.39 is 12.3 Å². The van der Waals surface area contributed by atoms with Crippen LogP contribution in [0.4, 0.5) is 13.2 Å². The molecule has 1 aliphatic heterocycles. The first kappa shape index (κ1) is 19.5. The van der Waals surface area contributed by atoms with E-state index >= 15 is 0 Å². The predicted octanol–water partition coefficient (Wildman–Crippen LogP) is 1.80. The highest BCUT2D eigenvalue weighted by Gasteiger charge is 2.32. The third-order valence-corrected chi connectivity index (χ3v) is 3.74. The number of hydrogen-bond donors (Lipinski definition) is 1. The van der Waals surface area contributed by atoms with Gasteiger partial charge in [-0.05, 0) is 13.1 Å². The van der Waals surface area contributed by atoms with Crippen molar-refractivity contribution in [3.05, 3.63) is 29.8 Å². The number of likely N-dealkylation sites (N-methyl/N-ethyl adjacent to an activating group) is 1. The zero-order valence-electron chi connectivity index (χ0n) is 13.8. The van der Waals surface area contributed by atoms with Gasteiger partial charge in [0.05, 0.1) is 19.3 Å². The van der Waals surface area contributed by atoms with Crippen LogP contribution >= 0.6 is 0 Å². The molecule has 0 aromatic heterocycles. The van der Waals surface area contributed by atoms with E-state index in [1.165, 1.54) is 12.1 Å². The van der Waals surface area contributed by atoms with Crippen molar-refractivity contribution in [2.75, 3.05) is 39.8 Å². The molecular weight excluding hydrogens is 341 g/mol. The van der Waals surface area contributed by atoms with Crippen molar-refractivity contribution >= 4 is 5.97 Å². The van der Waals surface area contributed by atoms with Crippen molar-refractivity contribution in [2.45, 2.75) is 19.0 Å². The largest absolute Gasteiger partial charge is 0.573 e. The second-order valence-corrected chi connectivity index (χ2v) is 5.97. The molecule has 0 aliphatic carbocycles. The molecule has 1 N–H and O–H groups in total. The van der Waals surface area contributed by atoms with Crippen molar-refractivity contribution in [2.24, 2.45) is 0 Å². The van der Waals surface area contributed by atoms with Gasteiger partial charge in [-0.1, -0.05) is 18.2 Å². The standard InChI is InChI=1S/C16H21F3N2O4/c1-20(11-15(22)23)9-13-10-21(6-7-24-13)8-12-4-2-3-5-14(12)25-16(17,18)19/h2-5,13H,6-11H2,1H3,(H,22,23). The molecule has 1 saturated heterocycles. The summed E-state index contributed by atoms with van der Waals surface area (Å²) in [5, 5.41) is 8.78. The summed E-state index contributed by atoms with van der Waals surface area (Å²) in [5.74, 6) is -1.13. The van der Waals surface area contributed by atoms with E-state index in [0.717, 1.165) is 0 Å². The molecule has 1 unspecified atom stereocenters. The molecule has 25 heavy (non-hydrogen) atoms. The van der Waals surface area contributed by atoms with Crippen LogP contribution in [0.1, 0.15) is 5.56 Å². The molecule has 9 heteroatoms. The Labute approximate surface area is 143 Å². The van der Waals surface area contributed by atoms with E-state index in [0.29, 0.717) is 38.3 Å². The lowest BCUT2D eigenvalue weighted by Crippen LogP contribution is -2.47. The molecule has 0 radical (unpaired) electrons. The van der Waals surface area contributed by atoms with Gasteiger partial charge in [-0.2, -0.15) is 0 Å². The predicted molar refractivity (Wildman–Crippen MR) is 83.3 cm³/mol. The number of benzene rings is 1. The summed E-state index contributed by atoms with van der Waals surface area (Å²) in [4.78, 5) is 14.3. The number of rotatable bonds is 7. The zero-order chi connectivity index (χ0) is 18.4. The SMILES string of the molecule is CN(CC(=O)O)CC1CN(Cc2ccccc2OC(F)(F)F)CCO1. The normalized spacial score (nSPS) is 19.2. The van der Waals surface area contributed by atoms with Gasteiger partial charge in [0.25, 0.3) is 0 Å². The lowest BCUT2D eigenvalue weighted by molar-refractivity contribution is -0.275. The fraction of sp³-hybridized carbons (Fsp3) is 0.562. The van der Waals surface area contributed by atoms with Gasteiger partial charge in [-0.3, -0.25) is 14.6 Å². The number of hydrogen-bond acceptors (Lipinski definition) is 5. The van der Waals surface area contributed by atoms with Gasteiger partial charge >= 0.3 is 12.3 Å². The van der Waals surface area contributed by atoms with Crippen LogP contribution in [0, 0.1) is 0 Å². The van der Waals surface area contributed by atoms with Crippen molar-refractivity contribution < 1.29 is 32.5 Å². The molecule has 1 atom stereocenters. The van der Waals surface area contributed by atoms with Gasteiger partial charge in [-0.25, -0.2) is 0 Å². The number of carboxylic acid groups (broad SMARTS) is 1. The summed E-state index contributed by atoms with van der Waals surface area (Å²) in [6, 6.07) is 6.05. The van der Waals surface area contributed by atoms with Crippen LogP contribution in [0.25, 0.3) is 0 Å². The summed E-state index contributed by atoms with van der Waals surface area (Å²) in [6.45, 7) is 2.16. The minimum absolute atomic E-state index is 0.0951. The smallest absolute Gasteiger partial charge is 0.480 e. The molecule has 140 valence electrons. The number of halogens is 3. The van der Waals surface area contributed by atoms with Gasteiger partial charge in [0.15, 0.2) is 0 Å². The van der Waals surface area contributed by atoms with Gasteiger partial charge in [0.2, 0.25) is 0 Å². The van der Waals surface area contributed by atoms with Crippen molar-refractivity contribution in [3.63, 3.8) is 0 Å². The Hall–Kier alpha value is -1.84. The molecule has 6 nitrogen and oxygen atoms in total. The summed E-state index contributed by atoms with van der Waals surface area (Å²) < 4.78 is 47.2. The number of para-hydroxylation sites is 1. The van der Waals surface area contributed by atoms with E-state index in [9.17, 15) is 18.0 Å². The van der Waals surface area contributed by atoms with E-state index in [-0.39, 0.29) is 18.4 Å². The molecule has 0 bridgehead atoms. The molecule has 1 aromatic rings. The van der Waals surface area contributed by atoms with Crippen molar-refractivity contribution in [1.82, 2.24) is 9.80 Å². The first-order valence-electron chi connectivity index (χ1n) is 7.81. The molecule has 0 spiro atoms. The Morgan fingerprint density at radius 2 is 2.16 bits per heavy atom. The van der Waals surface area contributed by atoms with Crippen LogP contribution in [0.5, 0.6) is 5.75 Å². The highest BCUT2D eigenvalue weighted by Crippen LogP contribution is 2.27. The maximum atomic E-state index is 12.5. The fourth-order valence-corrected chi connectivity index (χ4v) is 2.78. The van der Waals surface area contributed by atoms with E-state index in [1.54, 1.807) is 24.1 Å². The lowest BCUT2D eigenvalue weighted by Gasteiger charge is -2.34. The quantitative estimate of drug-likeness (QED) is 0.798. The highest BCUT2D eigenvalue weighted by molar-refractivity contribution is 5.69. The molecule has 0 amide bonds. The van der Waals surface area contributed by atoms with Crippen LogP contribution in [0.3, 0.4) is 0 Å². The molecule has 1 fully saturated rings. The minimum Gasteiger partial charge on any atom is -0.480 e. The van der Waals surface area contributed by atoms with Gasteiger partial charge in [-0.15, -0.1) is 13.2 Å². The Morgan fingerprint density at radius 3 is 2.84 bits per heavy atom. The fourth-order valence-electron chi connectivity index (χ4n) is 2.78. The molecule has 0 saturated carbocycles. The number of alkyl halides is 3. The van der Waals surface area contributed by atoms with E-state index in [1.807, 2.05) is 4.90 Å². The van der Waals surface area contributed by atoms with Crippen LogP contribution in [-0.4, -0.2) is 73.2 Å². The number of nitrogens with zero attached hydrogens (tertiary/aromatic N) is 2. The van der Waals surface area contributed by atoms with Crippen LogP contribution in [0.15, 0.2) is 24.3 Å². The maximum absolute atomic E-state index is 12.5. The third-order valence-electron chi connectivity index (χ3n) is 3.74. The second-order valence-electron chi connectivity index (χ2n) is 5.97. The van der Waals surface area contributed by atoms with Crippen molar-refractivity contribution in [1.29, 1.82) is 0 Å². The molecule has 2 rings (SSSR count). The lowest BCUT2D eigenvalue weighted by atomic mass is 10.1. The molecule has 1 heterocycles. The van der Waals surface area contributed by atoms with E-state index in [2.05, 4.69) is 4.74 Å². The Morgan fingerprint density at radius 1 is 1.44 bits per heavy atom. The summed E-state index contributed by atoms with van der Waals surface area (Å²) in [7, 11) is 1.68. The zero-order valence-corrected chi connectivity index (χ0v) is 13.8. The number of carbonyl (C=O) groups is 1. The molecular formula is C16H21F3N2O4. The van der Waals surface area contributed by atoms with Gasteiger partial charge in [0.1, 0.15) is 5.75 Å². The summed E-state index contributed by atoms with van der Waals surface area (Å²) in [6.07, 6.45) is -4.93. The number of ether oxygens (including phenoxy) is 2. The number of morpholine rings is 1. The van der Waals surface area contributed by atoms with Gasteiger partial charge < -0.3 is 14.6 Å². The summed E-state index contributed by atoms with van der Waals surface area (Å²) >= 11 is 0. The molecule has 1 aliphatic rings. The average Bonchev–Trinajstić information content (AvgIpc) is 2.47. The Balaban J connectivity index is 1.95. The first-order valence-corrected chi connectivity index (χ1v) is 7.81. The number of carboxylic acids is 1. The average molecular weight is 362 g/mol. The molecule has 1 aromatic carbocycles. The minimum atomic E-state index is -4.73. The van der Waals surface area contributed by atoms with Crippen LogP contribution in [0.2, 0.25) is 0 Å². The Kier molecular flexibility index (Phi) is 6.63. The van der Waals surface area contributed by atoms with Crippen LogP contribution in [-0.2, 0) is 16.1 Å². The highest BCUT2D eigenvalue weighted by atomic mass is 19.4. The summed E-state index contributed by atoms with van der Waals surface area (Å²) in [5.41, 5.74) is 0.444. The van der Waals surface area contributed by atoms with Gasteiger partial charge in [0, 0.05) is 31.7 Å². The Bertz CT molecular complexity index is 583. The van der Waals surface area contributed by atoms with Crippen LogP contribution < -0.4 is 4.74 Å². The monoisotopic (exact) mass is 362 g/mol. The topological polar surface area (TPSA) is 62.2 Å². The third kappa shape index (κ3) is 6.89. The van der Waals surface area contributed by atoms with E-state index in [4.69, 9.17) is 9.84 Å². The second kappa shape index (κ2) is 8.50.